The van der Waals surface area contributed by atoms with Crippen molar-refractivity contribution in [1.82, 2.24) is 15.0 Å². The first-order valence-electron chi connectivity index (χ1n) is 6.01. The molecule has 1 heterocycles. The van der Waals surface area contributed by atoms with Gasteiger partial charge < -0.3 is 15.2 Å². The van der Waals surface area contributed by atoms with Crippen molar-refractivity contribution in [3.05, 3.63) is 5.28 Å². The maximum Gasteiger partial charge on any atom is 0.322 e. The van der Waals surface area contributed by atoms with Gasteiger partial charge in [0.1, 0.15) is 0 Å². The van der Waals surface area contributed by atoms with Crippen LogP contribution in [0.1, 0.15) is 33.6 Å². The topological polar surface area (TPSA) is 80.2 Å². The van der Waals surface area contributed by atoms with Gasteiger partial charge in [0.15, 0.2) is 0 Å². The van der Waals surface area contributed by atoms with Gasteiger partial charge in [-0.15, -0.1) is 0 Å². The Hall–Kier alpha value is -1.14. The van der Waals surface area contributed by atoms with E-state index < -0.39 is 0 Å². The molecule has 1 aromatic rings. The third kappa shape index (κ3) is 5.46. The minimum Gasteiger partial charge on any atom is -0.461 e. The van der Waals surface area contributed by atoms with Crippen LogP contribution in [0.4, 0.5) is 5.95 Å². The standard InChI is InChI=1S/C11H19ClN4O2/c1-4-8(17)5-6-13-10-14-9(12)15-11(16-10)18-7(2)3/h7-8,17H,4-6H2,1-3H3,(H,13,14,15,16). The zero-order chi connectivity index (χ0) is 13.5. The first kappa shape index (κ1) is 14.9. The molecule has 102 valence electrons. The number of hydrogen-bond acceptors (Lipinski definition) is 6. The fourth-order valence-corrected chi connectivity index (χ4v) is 1.38. The third-order valence-electron chi connectivity index (χ3n) is 2.16. The number of nitrogens with one attached hydrogen (secondary N) is 1. The second-order valence-corrected chi connectivity index (χ2v) is 4.49. The van der Waals surface area contributed by atoms with E-state index in [1.807, 2.05) is 20.8 Å². The van der Waals surface area contributed by atoms with E-state index in [2.05, 4.69) is 20.3 Å². The highest BCUT2D eigenvalue weighted by atomic mass is 35.5. The molecule has 18 heavy (non-hydrogen) atoms. The van der Waals surface area contributed by atoms with E-state index in [-0.39, 0.29) is 23.5 Å². The Labute approximate surface area is 112 Å². The fourth-order valence-electron chi connectivity index (χ4n) is 1.23. The lowest BCUT2D eigenvalue weighted by atomic mass is 10.2. The fraction of sp³-hybridized carbons (Fsp3) is 0.727. The summed E-state index contributed by atoms with van der Waals surface area (Å²) in [6.45, 7) is 6.25. The lowest BCUT2D eigenvalue weighted by molar-refractivity contribution is 0.164. The molecule has 1 rings (SSSR count). The first-order valence-corrected chi connectivity index (χ1v) is 6.39. The Morgan fingerprint density at radius 1 is 1.33 bits per heavy atom. The number of nitrogens with zero attached hydrogens (tertiary/aromatic N) is 3. The molecule has 1 unspecified atom stereocenters. The van der Waals surface area contributed by atoms with Gasteiger partial charge in [0.2, 0.25) is 11.2 Å². The average Bonchev–Trinajstić information content (AvgIpc) is 2.27. The summed E-state index contributed by atoms with van der Waals surface area (Å²) in [5, 5.41) is 12.5. The summed E-state index contributed by atoms with van der Waals surface area (Å²) >= 11 is 5.77. The zero-order valence-electron chi connectivity index (χ0n) is 10.9. The maximum absolute atomic E-state index is 9.42. The quantitative estimate of drug-likeness (QED) is 0.790. The predicted molar refractivity (Wildman–Crippen MR) is 70.0 cm³/mol. The van der Waals surface area contributed by atoms with Crippen molar-refractivity contribution in [2.24, 2.45) is 0 Å². The van der Waals surface area contributed by atoms with E-state index in [4.69, 9.17) is 16.3 Å². The summed E-state index contributed by atoms with van der Waals surface area (Å²) < 4.78 is 5.35. The number of hydrogen-bond donors (Lipinski definition) is 2. The van der Waals surface area contributed by atoms with Crippen LogP contribution in [-0.2, 0) is 0 Å². The van der Waals surface area contributed by atoms with Crippen molar-refractivity contribution in [2.75, 3.05) is 11.9 Å². The van der Waals surface area contributed by atoms with Crippen LogP contribution in [0, 0.1) is 0 Å². The van der Waals surface area contributed by atoms with Crippen LogP contribution in [0.3, 0.4) is 0 Å². The van der Waals surface area contributed by atoms with Gasteiger partial charge in [-0.25, -0.2) is 0 Å². The largest absolute Gasteiger partial charge is 0.461 e. The van der Waals surface area contributed by atoms with Gasteiger partial charge >= 0.3 is 6.01 Å². The van der Waals surface area contributed by atoms with Crippen LogP contribution in [0.25, 0.3) is 0 Å². The van der Waals surface area contributed by atoms with Crippen LogP contribution in [0.2, 0.25) is 5.28 Å². The number of aromatic nitrogens is 3. The van der Waals surface area contributed by atoms with Crippen molar-refractivity contribution in [1.29, 1.82) is 0 Å². The molecular weight excluding hydrogens is 256 g/mol. The number of anilines is 1. The van der Waals surface area contributed by atoms with E-state index in [1.54, 1.807) is 0 Å². The molecule has 1 aromatic heterocycles. The smallest absolute Gasteiger partial charge is 0.322 e. The van der Waals surface area contributed by atoms with E-state index >= 15 is 0 Å². The predicted octanol–water partition coefficient (Wildman–Crippen LogP) is 1.89. The Morgan fingerprint density at radius 2 is 2.06 bits per heavy atom. The third-order valence-corrected chi connectivity index (χ3v) is 2.33. The summed E-state index contributed by atoms with van der Waals surface area (Å²) in [7, 11) is 0. The van der Waals surface area contributed by atoms with E-state index in [9.17, 15) is 5.11 Å². The molecule has 0 aliphatic rings. The van der Waals surface area contributed by atoms with Crippen molar-refractivity contribution < 1.29 is 9.84 Å². The molecule has 0 saturated heterocycles. The molecule has 0 spiro atoms. The van der Waals surface area contributed by atoms with E-state index in [0.29, 0.717) is 18.9 Å². The van der Waals surface area contributed by atoms with Crippen LogP contribution < -0.4 is 10.1 Å². The molecule has 0 saturated carbocycles. The summed E-state index contributed by atoms with van der Waals surface area (Å²) in [6, 6.07) is 0.198. The molecule has 0 amide bonds. The van der Waals surface area contributed by atoms with E-state index in [1.165, 1.54) is 0 Å². The Balaban J connectivity index is 2.57. The van der Waals surface area contributed by atoms with Gasteiger partial charge in [-0.2, -0.15) is 15.0 Å². The maximum atomic E-state index is 9.42. The second-order valence-electron chi connectivity index (χ2n) is 4.15. The minimum absolute atomic E-state index is 0.0294. The molecule has 1 atom stereocenters. The SMILES string of the molecule is CCC(O)CCNc1nc(Cl)nc(OC(C)C)n1. The van der Waals surface area contributed by atoms with Gasteiger partial charge in [-0.1, -0.05) is 6.92 Å². The highest BCUT2D eigenvalue weighted by Gasteiger charge is 2.08. The number of rotatable bonds is 7. The van der Waals surface area contributed by atoms with Crippen molar-refractivity contribution in [3.8, 4) is 6.01 Å². The van der Waals surface area contributed by atoms with Gasteiger partial charge in [-0.05, 0) is 38.3 Å². The molecule has 0 aliphatic carbocycles. The van der Waals surface area contributed by atoms with Gasteiger partial charge in [0.05, 0.1) is 12.2 Å². The number of halogens is 1. The van der Waals surface area contributed by atoms with Crippen molar-refractivity contribution in [2.45, 2.75) is 45.8 Å². The average molecular weight is 275 g/mol. The van der Waals surface area contributed by atoms with Crippen LogP contribution >= 0.6 is 11.6 Å². The monoisotopic (exact) mass is 274 g/mol. The van der Waals surface area contributed by atoms with Gasteiger partial charge in [0.25, 0.3) is 0 Å². The minimum atomic E-state index is -0.318. The van der Waals surface area contributed by atoms with E-state index in [0.717, 1.165) is 6.42 Å². The van der Waals surface area contributed by atoms with Gasteiger partial charge in [0, 0.05) is 6.54 Å². The summed E-state index contributed by atoms with van der Waals surface area (Å²) in [6.07, 6.45) is 1.00. The normalized spacial score (nSPS) is 12.6. The highest BCUT2D eigenvalue weighted by molar-refractivity contribution is 6.28. The van der Waals surface area contributed by atoms with Gasteiger partial charge in [-0.3, -0.25) is 0 Å². The Kier molecular flexibility index (Phi) is 6.07. The number of aliphatic hydroxyl groups is 1. The number of aliphatic hydroxyl groups excluding tert-OH is 1. The second kappa shape index (κ2) is 7.33. The molecular formula is C11H19ClN4O2. The number of ether oxygens (including phenoxy) is 1. The van der Waals surface area contributed by atoms with Crippen LogP contribution in [0.5, 0.6) is 6.01 Å². The first-order chi connectivity index (χ1) is 8.51. The lowest BCUT2D eigenvalue weighted by Crippen LogP contribution is -2.15. The summed E-state index contributed by atoms with van der Waals surface area (Å²) in [5.74, 6) is 0.356. The molecule has 7 heteroatoms. The highest BCUT2D eigenvalue weighted by Crippen LogP contribution is 2.12. The lowest BCUT2D eigenvalue weighted by Gasteiger charge is -2.11. The Morgan fingerprint density at radius 3 is 2.67 bits per heavy atom. The van der Waals surface area contributed by atoms with Crippen LogP contribution in [0.15, 0.2) is 0 Å². The molecule has 0 aromatic carbocycles. The zero-order valence-corrected chi connectivity index (χ0v) is 11.6. The summed E-state index contributed by atoms with van der Waals surface area (Å²) in [5.41, 5.74) is 0. The molecule has 0 aliphatic heterocycles. The molecule has 0 fully saturated rings. The molecule has 0 bridgehead atoms. The van der Waals surface area contributed by atoms with Crippen molar-refractivity contribution in [3.63, 3.8) is 0 Å². The Bertz CT molecular complexity index is 376. The van der Waals surface area contributed by atoms with Crippen molar-refractivity contribution >= 4 is 17.5 Å². The molecule has 2 N–H and O–H groups in total. The molecule has 0 radical (unpaired) electrons. The van der Waals surface area contributed by atoms with Crippen LogP contribution in [-0.4, -0.2) is 38.8 Å². The molecule has 6 nitrogen and oxygen atoms in total. The summed E-state index contributed by atoms with van der Waals surface area (Å²) in [4.78, 5) is 11.9.